The summed E-state index contributed by atoms with van der Waals surface area (Å²) in [7, 11) is 1.39. The molecule has 1 aliphatic heterocycles. The lowest BCUT2D eigenvalue weighted by Gasteiger charge is -2.37. The van der Waals surface area contributed by atoms with Gasteiger partial charge in [0.05, 0.1) is 7.11 Å². The monoisotopic (exact) mass is 268 g/mol. The molecule has 1 aliphatic carbocycles. The molecule has 1 saturated heterocycles. The smallest absolute Gasteiger partial charge is 0.328 e. The molecular formula is C14H24N2O3. The third-order valence-electron chi connectivity index (χ3n) is 4.32. The standard InChI is InChI=1S/C14H24N2O3/c1-19-14(18)12-7-2-3-8-16(12)13(17)10-5-4-6-11(15)9-10/h10-12H,2-9,15H2,1H3. The summed E-state index contributed by atoms with van der Waals surface area (Å²) in [6.07, 6.45) is 6.33. The molecule has 1 heterocycles. The van der Waals surface area contributed by atoms with Crippen molar-refractivity contribution in [1.82, 2.24) is 4.90 Å². The van der Waals surface area contributed by atoms with Crippen LogP contribution >= 0.6 is 0 Å². The van der Waals surface area contributed by atoms with Crippen LogP contribution in [-0.2, 0) is 14.3 Å². The maximum Gasteiger partial charge on any atom is 0.328 e. The summed E-state index contributed by atoms with van der Waals surface area (Å²) in [4.78, 5) is 26.1. The third kappa shape index (κ3) is 3.26. The van der Waals surface area contributed by atoms with Crippen LogP contribution in [0.5, 0.6) is 0 Å². The van der Waals surface area contributed by atoms with Crippen LogP contribution in [-0.4, -0.2) is 42.5 Å². The number of methoxy groups -OCH3 is 1. The molecule has 2 fully saturated rings. The fourth-order valence-electron chi connectivity index (χ4n) is 3.26. The molecular weight excluding hydrogens is 244 g/mol. The molecule has 0 spiro atoms. The zero-order chi connectivity index (χ0) is 13.8. The highest BCUT2D eigenvalue weighted by atomic mass is 16.5. The van der Waals surface area contributed by atoms with Gasteiger partial charge in [0.2, 0.25) is 5.91 Å². The van der Waals surface area contributed by atoms with Crippen molar-refractivity contribution >= 4 is 11.9 Å². The average Bonchev–Trinajstić information content (AvgIpc) is 2.45. The van der Waals surface area contributed by atoms with Crippen LogP contribution < -0.4 is 5.73 Å². The minimum atomic E-state index is -0.385. The Morgan fingerprint density at radius 2 is 1.95 bits per heavy atom. The Kier molecular flexibility index (Phi) is 4.80. The van der Waals surface area contributed by atoms with E-state index in [1.165, 1.54) is 7.11 Å². The molecule has 1 saturated carbocycles. The minimum Gasteiger partial charge on any atom is -0.467 e. The van der Waals surface area contributed by atoms with Gasteiger partial charge in [-0.3, -0.25) is 4.79 Å². The highest BCUT2D eigenvalue weighted by Crippen LogP contribution is 2.28. The van der Waals surface area contributed by atoms with Crippen LogP contribution in [0.2, 0.25) is 0 Å². The fraction of sp³-hybridized carbons (Fsp3) is 0.857. The Balaban J connectivity index is 2.04. The number of carbonyl (C=O) groups excluding carboxylic acids is 2. The van der Waals surface area contributed by atoms with Crippen molar-refractivity contribution < 1.29 is 14.3 Å². The van der Waals surface area contributed by atoms with Crippen molar-refractivity contribution in [3.63, 3.8) is 0 Å². The van der Waals surface area contributed by atoms with Gasteiger partial charge in [-0.2, -0.15) is 0 Å². The van der Waals surface area contributed by atoms with Crippen LogP contribution in [0.4, 0.5) is 0 Å². The number of esters is 1. The highest BCUT2D eigenvalue weighted by molar-refractivity contribution is 5.86. The molecule has 0 bridgehead atoms. The van der Waals surface area contributed by atoms with Crippen molar-refractivity contribution in [1.29, 1.82) is 0 Å². The van der Waals surface area contributed by atoms with E-state index < -0.39 is 0 Å². The summed E-state index contributed by atoms with van der Waals surface area (Å²) in [6, 6.07) is -0.256. The van der Waals surface area contributed by atoms with E-state index in [4.69, 9.17) is 10.5 Å². The number of amides is 1. The lowest BCUT2D eigenvalue weighted by atomic mass is 9.84. The molecule has 19 heavy (non-hydrogen) atoms. The van der Waals surface area contributed by atoms with Crippen LogP contribution in [0.3, 0.4) is 0 Å². The Morgan fingerprint density at radius 3 is 2.63 bits per heavy atom. The Bertz CT molecular complexity index is 346. The zero-order valence-corrected chi connectivity index (χ0v) is 11.6. The van der Waals surface area contributed by atoms with Crippen LogP contribution in [0.25, 0.3) is 0 Å². The molecule has 2 N–H and O–H groups in total. The van der Waals surface area contributed by atoms with E-state index in [-0.39, 0.29) is 29.9 Å². The summed E-state index contributed by atoms with van der Waals surface area (Å²) < 4.78 is 4.82. The van der Waals surface area contributed by atoms with E-state index in [0.717, 1.165) is 44.9 Å². The van der Waals surface area contributed by atoms with Crippen LogP contribution in [0.15, 0.2) is 0 Å². The lowest BCUT2D eigenvalue weighted by molar-refractivity contribution is -0.156. The first-order valence-electron chi connectivity index (χ1n) is 7.27. The van der Waals surface area contributed by atoms with Gasteiger partial charge in [-0.15, -0.1) is 0 Å². The second-order valence-electron chi connectivity index (χ2n) is 5.69. The molecule has 5 nitrogen and oxygen atoms in total. The number of ether oxygens (including phenoxy) is 1. The number of piperidine rings is 1. The van der Waals surface area contributed by atoms with Gasteiger partial charge in [0.25, 0.3) is 0 Å². The largest absolute Gasteiger partial charge is 0.467 e. The zero-order valence-electron chi connectivity index (χ0n) is 11.6. The molecule has 108 valence electrons. The molecule has 1 amide bonds. The fourth-order valence-corrected chi connectivity index (χ4v) is 3.26. The van der Waals surface area contributed by atoms with E-state index in [1.54, 1.807) is 4.90 Å². The predicted molar refractivity (Wildman–Crippen MR) is 71.3 cm³/mol. The van der Waals surface area contributed by atoms with Gasteiger partial charge in [0.15, 0.2) is 0 Å². The molecule has 5 heteroatoms. The number of rotatable bonds is 2. The van der Waals surface area contributed by atoms with Gasteiger partial charge < -0.3 is 15.4 Å². The molecule has 3 unspecified atom stereocenters. The van der Waals surface area contributed by atoms with Gasteiger partial charge in [0, 0.05) is 18.5 Å². The summed E-state index contributed by atoms with van der Waals surface area (Å²) in [5.41, 5.74) is 5.95. The molecule has 0 aromatic rings. The van der Waals surface area contributed by atoms with E-state index in [0.29, 0.717) is 6.54 Å². The number of hydrogen-bond acceptors (Lipinski definition) is 4. The maximum absolute atomic E-state index is 12.6. The molecule has 0 aromatic heterocycles. The van der Waals surface area contributed by atoms with E-state index in [2.05, 4.69) is 0 Å². The quantitative estimate of drug-likeness (QED) is 0.760. The number of nitrogens with two attached hydrogens (primary N) is 1. The van der Waals surface area contributed by atoms with Crippen molar-refractivity contribution in [3.8, 4) is 0 Å². The van der Waals surface area contributed by atoms with Crippen molar-refractivity contribution in [2.75, 3.05) is 13.7 Å². The topological polar surface area (TPSA) is 72.6 Å². The molecule has 0 radical (unpaired) electrons. The number of carbonyl (C=O) groups is 2. The number of likely N-dealkylation sites (tertiary alicyclic amines) is 1. The van der Waals surface area contributed by atoms with Crippen LogP contribution in [0.1, 0.15) is 44.9 Å². The normalized spacial score (nSPS) is 31.9. The Hall–Kier alpha value is -1.10. The first-order chi connectivity index (χ1) is 9.13. The first kappa shape index (κ1) is 14.3. The van der Waals surface area contributed by atoms with E-state index >= 15 is 0 Å². The van der Waals surface area contributed by atoms with Gasteiger partial charge in [0.1, 0.15) is 6.04 Å². The van der Waals surface area contributed by atoms with Gasteiger partial charge in [-0.1, -0.05) is 6.42 Å². The summed E-state index contributed by atoms with van der Waals surface area (Å²) in [5.74, 6) is -0.188. The minimum absolute atomic E-state index is 0.00555. The summed E-state index contributed by atoms with van der Waals surface area (Å²) >= 11 is 0. The third-order valence-corrected chi connectivity index (χ3v) is 4.32. The summed E-state index contributed by atoms with van der Waals surface area (Å²) in [5, 5.41) is 0. The second-order valence-corrected chi connectivity index (χ2v) is 5.69. The number of nitrogens with zero attached hydrogens (tertiary/aromatic N) is 1. The van der Waals surface area contributed by atoms with E-state index in [9.17, 15) is 9.59 Å². The molecule has 3 atom stereocenters. The molecule has 2 rings (SSSR count). The van der Waals surface area contributed by atoms with Gasteiger partial charge >= 0.3 is 5.97 Å². The van der Waals surface area contributed by atoms with Gasteiger partial charge in [-0.05, 0) is 38.5 Å². The maximum atomic E-state index is 12.6. The Labute approximate surface area is 114 Å². The van der Waals surface area contributed by atoms with Crippen LogP contribution in [0, 0.1) is 5.92 Å². The number of hydrogen-bond donors (Lipinski definition) is 1. The van der Waals surface area contributed by atoms with Crippen molar-refractivity contribution in [3.05, 3.63) is 0 Å². The highest BCUT2D eigenvalue weighted by Gasteiger charge is 2.37. The van der Waals surface area contributed by atoms with Crippen molar-refractivity contribution in [2.45, 2.75) is 57.0 Å². The van der Waals surface area contributed by atoms with E-state index in [1.807, 2.05) is 0 Å². The first-order valence-corrected chi connectivity index (χ1v) is 7.27. The average molecular weight is 268 g/mol. The summed E-state index contributed by atoms with van der Waals surface area (Å²) in [6.45, 7) is 0.671. The predicted octanol–water partition coefficient (Wildman–Crippen LogP) is 1.06. The SMILES string of the molecule is COC(=O)C1CCCCN1C(=O)C1CCCC(N)C1. The second kappa shape index (κ2) is 6.37. The van der Waals surface area contributed by atoms with Crippen molar-refractivity contribution in [2.24, 2.45) is 11.7 Å². The van der Waals surface area contributed by atoms with Gasteiger partial charge in [-0.25, -0.2) is 4.79 Å². The molecule has 2 aliphatic rings. The lowest BCUT2D eigenvalue weighted by Crippen LogP contribution is -2.51. The molecule has 0 aromatic carbocycles. The Morgan fingerprint density at radius 1 is 1.16 bits per heavy atom.